The fourth-order valence-corrected chi connectivity index (χ4v) is 3.30. The first-order valence-electron chi connectivity index (χ1n) is 6.80. The Balaban J connectivity index is 2.07. The lowest BCUT2D eigenvalue weighted by molar-refractivity contribution is -0.184. The molecule has 7 heteroatoms. The van der Waals surface area contributed by atoms with Gasteiger partial charge in [-0.3, -0.25) is 11.3 Å². The molecule has 0 heterocycles. The molecule has 118 valence electrons. The monoisotopic (exact) mass is 340 g/mol. The van der Waals surface area contributed by atoms with E-state index < -0.39 is 12.1 Å². The highest BCUT2D eigenvalue weighted by molar-refractivity contribution is 6.42. The molecular formula is C14H17Cl2F3N2. The van der Waals surface area contributed by atoms with Gasteiger partial charge >= 0.3 is 6.18 Å². The van der Waals surface area contributed by atoms with E-state index in [1.807, 2.05) is 0 Å². The second-order valence-electron chi connectivity index (χ2n) is 5.47. The molecule has 0 amide bonds. The van der Waals surface area contributed by atoms with E-state index in [-0.39, 0.29) is 24.8 Å². The van der Waals surface area contributed by atoms with Crippen molar-refractivity contribution in [1.82, 2.24) is 5.43 Å². The fourth-order valence-electron chi connectivity index (χ4n) is 2.99. The van der Waals surface area contributed by atoms with Crippen LogP contribution >= 0.6 is 23.2 Å². The Bertz CT molecular complexity index is 486. The van der Waals surface area contributed by atoms with Crippen molar-refractivity contribution in [2.75, 3.05) is 0 Å². The largest absolute Gasteiger partial charge is 0.391 e. The fraction of sp³-hybridized carbons (Fsp3) is 0.571. The van der Waals surface area contributed by atoms with E-state index in [0.29, 0.717) is 22.9 Å². The van der Waals surface area contributed by atoms with Crippen molar-refractivity contribution >= 4 is 23.2 Å². The van der Waals surface area contributed by atoms with Gasteiger partial charge in [-0.2, -0.15) is 13.2 Å². The minimum absolute atomic E-state index is 0.0610. The summed E-state index contributed by atoms with van der Waals surface area (Å²) in [6, 6.07) is 4.97. The van der Waals surface area contributed by atoms with Crippen LogP contribution in [0.4, 0.5) is 13.2 Å². The van der Waals surface area contributed by atoms with Crippen LogP contribution in [0.2, 0.25) is 10.0 Å². The molecule has 1 unspecified atom stereocenters. The second-order valence-corrected chi connectivity index (χ2v) is 6.29. The van der Waals surface area contributed by atoms with Crippen LogP contribution in [0.15, 0.2) is 18.2 Å². The summed E-state index contributed by atoms with van der Waals surface area (Å²) in [6.07, 6.45) is -2.83. The third-order valence-corrected chi connectivity index (χ3v) is 4.93. The predicted octanol–water partition coefficient (Wildman–Crippen LogP) is 4.87. The molecule has 1 aliphatic rings. The second kappa shape index (κ2) is 6.73. The van der Waals surface area contributed by atoms with Crippen LogP contribution < -0.4 is 11.3 Å². The Kier molecular flexibility index (Phi) is 5.41. The lowest BCUT2D eigenvalue weighted by Crippen LogP contribution is -2.37. The summed E-state index contributed by atoms with van der Waals surface area (Å²) in [5.74, 6) is 4.46. The molecule has 0 spiro atoms. The van der Waals surface area contributed by atoms with Crippen LogP contribution in [0.5, 0.6) is 0 Å². The molecule has 3 N–H and O–H groups in total. The van der Waals surface area contributed by atoms with Crippen molar-refractivity contribution in [2.45, 2.75) is 37.9 Å². The van der Waals surface area contributed by atoms with E-state index >= 15 is 0 Å². The van der Waals surface area contributed by atoms with Crippen molar-refractivity contribution in [2.24, 2.45) is 17.7 Å². The van der Waals surface area contributed by atoms with Gasteiger partial charge in [-0.05, 0) is 49.3 Å². The molecule has 1 fully saturated rings. The minimum Gasteiger partial charge on any atom is -0.271 e. The van der Waals surface area contributed by atoms with Crippen LogP contribution in [0, 0.1) is 11.8 Å². The molecule has 2 nitrogen and oxygen atoms in total. The van der Waals surface area contributed by atoms with Gasteiger partial charge in [0.2, 0.25) is 0 Å². The Morgan fingerprint density at radius 3 is 2.19 bits per heavy atom. The molecule has 2 rings (SSSR count). The van der Waals surface area contributed by atoms with Gasteiger partial charge in [0.25, 0.3) is 0 Å². The number of rotatable bonds is 3. The van der Waals surface area contributed by atoms with Gasteiger partial charge in [-0.15, -0.1) is 0 Å². The number of hydrogen-bond acceptors (Lipinski definition) is 2. The lowest BCUT2D eigenvalue weighted by Gasteiger charge is -2.34. The molecule has 1 atom stereocenters. The zero-order chi connectivity index (χ0) is 15.6. The Morgan fingerprint density at radius 1 is 1.10 bits per heavy atom. The van der Waals surface area contributed by atoms with Gasteiger partial charge in [0.1, 0.15) is 0 Å². The highest BCUT2D eigenvalue weighted by Gasteiger charge is 2.42. The van der Waals surface area contributed by atoms with Crippen molar-refractivity contribution in [3.05, 3.63) is 33.8 Å². The SMILES string of the molecule is NNC(c1ccc(Cl)c(Cl)c1)C1CCC(C(F)(F)F)CC1. The number of halogens is 5. The predicted molar refractivity (Wildman–Crippen MR) is 78.0 cm³/mol. The van der Waals surface area contributed by atoms with Gasteiger partial charge in [-0.1, -0.05) is 29.3 Å². The molecule has 0 saturated heterocycles. The van der Waals surface area contributed by atoms with Gasteiger partial charge in [0.15, 0.2) is 0 Å². The summed E-state index contributed by atoms with van der Waals surface area (Å²) in [5.41, 5.74) is 3.55. The Morgan fingerprint density at radius 2 is 1.71 bits per heavy atom. The molecule has 0 aromatic heterocycles. The average molecular weight is 341 g/mol. The molecule has 21 heavy (non-hydrogen) atoms. The van der Waals surface area contributed by atoms with E-state index in [9.17, 15) is 13.2 Å². The summed E-state index contributed by atoms with van der Waals surface area (Å²) in [4.78, 5) is 0. The molecule has 0 aliphatic heterocycles. The topological polar surface area (TPSA) is 38.0 Å². The van der Waals surface area contributed by atoms with E-state index in [0.717, 1.165) is 5.56 Å². The summed E-state index contributed by atoms with van der Waals surface area (Å²) in [6.45, 7) is 0. The zero-order valence-corrected chi connectivity index (χ0v) is 12.8. The number of hydrogen-bond donors (Lipinski definition) is 2. The normalized spacial score (nSPS) is 24.9. The van der Waals surface area contributed by atoms with E-state index in [4.69, 9.17) is 29.0 Å². The van der Waals surface area contributed by atoms with Gasteiger partial charge < -0.3 is 0 Å². The zero-order valence-electron chi connectivity index (χ0n) is 11.3. The first kappa shape index (κ1) is 16.9. The molecule has 1 aliphatic carbocycles. The maximum atomic E-state index is 12.7. The summed E-state index contributed by atoms with van der Waals surface area (Å²) in [5, 5.41) is 0.857. The third kappa shape index (κ3) is 4.03. The summed E-state index contributed by atoms with van der Waals surface area (Å²) in [7, 11) is 0. The average Bonchev–Trinajstić information content (AvgIpc) is 2.43. The smallest absolute Gasteiger partial charge is 0.271 e. The molecular weight excluding hydrogens is 324 g/mol. The number of hydrazine groups is 1. The molecule has 1 aromatic carbocycles. The molecule has 0 bridgehead atoms. The van der Waals surface area contributed by atoms with E-state index in [2.05, 4.69) is 5.43 Å². The van der Waals surface area contributed by atoms with Crippen molar-refractivity contribution in [3.8, 4) is 0 Å². The van der Waals surface area contributed by atoms with E-state index in [1.165, 1.54) is 0 Å². The number of alkyl halides is 3. The van der Waals surface area contributed by atoms with Crippen molar-refractivity contribution in [1.29, 1.82) is 0 Å². The van der Waals surface area contributed by atoms with Gasteiger partial charge in [0.05, 0.1) is 16.0 Å². The van der Waals surface area contributed by atoms with Crippen molar-refractivity contribution < 1.29 is 13.2 Å². The van der Waals surface area contributed by atoms with Crippen LogP contribution in [0.3, 0.4) is 0 Å². The number of nitrogens with two attached hydrogens (primary N) is 1. The minimum atomic E-state index is -4.10. The lowest BCUT2D eigenvalue weighted by atomic mass is 9.76. The first-order valence-corrected chi connectivity index (χ1v) is 7.56. The highest BCUT2D eigenvalue weighted by atomic mass is 35.5. The van der Waals surface area contributed by atoms with Crippen LogP contribution in [-0.4, -0.2) is 6.18 Å². The summed E-state index contributed by atoms with van der Waals surface area (Å²) >= 11 is 11.9. The molecule has 0 radical (unpaired) electrons. The standard InChI is InChI=1S/C14H17Cl2F3N2/c15-11-6-3-9(7-12(11)16)13(21-20)8-1-4-10(5-2-8)14(17,18)19/h3,6-8,10,13,21H,1-2,4-5,20H2. The van der Waals surface area contributed by atoms with Crippen LogP contribution in [0.25, 0.3) is 0 Å². The maximum absolute atomic E-state index is 12.7. The Labute approximate surface area is 131 Å². The summed E-state index contributed by atoms with van der Waals surface area (Å²) < 4.78 is 38.1. The van der Waals surface area contributed by atoms with Gasteiger partial charge in [0, 0.05) is 6.04 Å². The van der Waals surface area contributed by atoms with E-state index in [1.54, 1.807) is 18.2 Å². The highest BCUT2D eigenvalue weighted by Crippen LogP contribution is 2.43. The van der Waals surface area contributed by atoms with Crippen LogP contribution in [-0.2, 0) is 0 Å². The quantitative estimate of drug-likeness (QED) is 0.608. The van der Waals surface area contributed by atoms with Crippen molar-refractivity contribution in [3.63, 3.8) is 0 Å². The number of benzene rings is 1. The molecule has 1 saturated carbocycles. The van der Waals surface area contributed by atoms with Crippen LogP contribution in [0.1, 0.15) is 37.3 Å². The van der Waals surface area contributed by atoms with Gasteiger partial charge in [-0.25, -0.2) is 0 Å². The number of nitrogens with one attached hydrogen (secondary N) is 1. The third-order valence-electron chi connectivity index (χ3n) is 4.19. The Hall–Kier alpha value is -0.490. The maximum Gasteiger partial charge on any atom is 0.391 e. The molecule has 1 aromatic rings. The first-order chi connectivity index (χ1) is 9.82.